The minimum atomic E-state index is -0.131. The number of halogens is 2. The molecular weight excluding hydrogens is 403 g/mol. The van der Waals surface area contributed by atoms with Crippen LogP contribution in [0.5, 0.6) is 0 Å². The van der Waals surface area contributed by atoms with Crippen molar-refractivity contribution in [1.29, 1.82) is 0 Å². The molecule has 0 aliphatic carbocycles. The predicted molar refractivity (Wildman–Crippen MR) is 117 cm³/mol. The van der Waals surface area contributed by atoms with Gasteiger partial charge in [-0.15, -0.1) is 0 Å². The lowest BCUT2D eigenvalue weighted by Gasteiger charge is -1.96. The van der Waals surface area contributed by atoms with E-state index < -0.39 is 0 Å². The molecule has 10 nitrogen and oxygen atoms in total. The highest BCUT2D eigenvalue weighted by Crippen LogP contribution is 2.18. The predicted octanol–water partition coefficient (Wildman–Crippen LogP) is 1.12. The Morgan fingerprint density at radius 1 is 0.607 bits per heavy atom. The zero-order chi connectivity index (χ0) is 21.1. The first-order chi connectivity index (χ1) is 13.2. The maximum absolute atomic E-state index is 5.74. The van der Waals surface area contributed by atoms with Crippen LogP contribution in [0, 0.1) is 0 Å². The SMILES string of the molecule is NC(N)=NC(N)=Nc1cccc(Cl)c1.NC(N)=NC(N)=Nc1cccc(Cl)c1. The molecule has 0 aliphatic heterocycles. The standard InChI is InChI=1S/2C8H10ClN5/c2*9-5-2-1-3-6(4-5)13-8(12)14-7(10)11/h2*1-4H,(H6,10,11,12,13,14). The molecule has 2 aromatic carbocycles. The Morgan fingerprint density at radius 2 is 0.964 bits per heavy atom. The summed E-state index contributed by atoms with van der Waals surface area (Å²) in [6, 6.07) is 13.7. The number of aliphatic imine (C=N–C) groups is 4. The first kappa shape index (κ1) is 22.5. The topological polar surface area (TPSA) is 206 Å². The third kappa shape index (κ3) is 9.85. The van der Waals surface area contributed by atoms with E-state index in [4.69, 9.17) is 57.6 Å². The molecule has 0 saturated carbocycles. The van der Waals surface area contributed by atoms with Crippen LogP contribution >= 0.6 is 23.2 Å². The van der Waals surface area contributed by atoms with Gasteiger partial charge < -0.3 is 34.4 Å². The van der Waals surface area contributed by atoms with E-state index in [2.05, 4.69) is 20.0 Å². The van der Waals surface area contributed by atoms with Gasteiger partial charge in [0, 0.05) is 10.0 Å². The Hall–Kier alpha value is -3.50. The monoisotopic (exact) mass is 422 g/mol. The molecule has 0 atom stereocenters. The number of hydrogen-bond acceptors (Lipinski definition) is 2. The highest BCUT2D eigenvalue weighted by Gasteiger charge is 1.94. The Balaban J connectivity index is 0.000000280. The van der Waals surface area contributed by atoms with E-state index in [1.165, 1.54) is 0 Å². The van der Waals surface area contributed by atoms with Gasteiger partial charge in [0.25, 0.3) is 0 Å². The summed E-state index contributed by atoms with van der Waals surface area (Å²) in [5.41, 5.74) is 32.5. The molecule has 28 heavy (non-hydrogen) atoms. The summed E-state index contributed by atoms with van der Waals surface area (Å²) in [4.78, 5) is 15.0. The van der Waals surface area contributed by atoms with Gasteiger partial charge in [0.2, 0.25) is 11.9 Å². The molecule has 0 aromatic heterocycles. The molecule has 0 spiro atoms. The van der Waals surface area contributed by atoms with Crippen molar-refractivity contribution in [3.8, 4) is 0 Å². The summed E-state index contributed by atoms with van der Waals surface area (Å²) < 4.78 is 0. The molecule has 2 aromatic rings. The van der Waals surface area contributed by atoms with Gasteiger partial charge in [-0.1, -0.05) is 35.3 Å². The minimum absolute atomic E-state index is 0.00716. The van der Waals surface area contributed by atoms with Crippen molar-refractivity contribution in [2.75, 3.05) is 0 Å². The van der Waals surface area contributed by atoms with Crippen LogP contribution in [-0.2, 0) is 0 Å². The van der Waals surface area contributed by atoms with Crippen molar-refractivity contribution >= 4 is 58.4 Å². The normalized spacial score (nSPS) is 11.1. The van der Waals surface area contributed by atoms with Gasteiger partial charge in [0.1, 0.15) is 0 Å². The molecule has 12 heteroatoms. The van der Waals surface area contributed by atoms with Gasteiger partial charge >= 0.3 is 0 Å². The van der Waals surface area contributed by atoms with Crippen molar-refractivity contribution in [2.45, 2.75) is 0 Å². The van der Waals surface area contributed by atoms with E-state index in [-0.39, 0.29) is 23.8 Å². The van der Waals surface area contributed by atoms with Crippen molar-refractivity contribution in [3.63, 3.8) is 0 Å². The number of benzene rings is 2. The summed E-state index contributed by atoms with van der Waals surface area (Å²) in [6.07, 6.45) is 0. The summed E-state index contributed by atoms with van der Waals surface area (Å²) in [5, 5.41) is 1.15. The number of nitrogens with two attached hydrogens (primary N) is 6. The minimum Gasteiger partial charge on any atom is -0.370 e. The second kappa shape index (κ2) is 11.3. The van der Waals surface area contributed by atoms with Crippen molar-refractivity contribution in [2.24, 2.45) is 54.4 Å². The van der Waals surface area contributed by atoms with Crippen LogP contribution in [0.4, 0.5) is 11.4 Å². The van der Waals surface area contributed by atoms with Crippen LogP contribution in [0.15, 0.2) is 68.5 Å². The highest BCUT2D eigenvalue weighted by atomic mass is 35.5. The lowest BCUT2D eigenvalue weighted by molar-refractivity contribution is 1.38. The number of rotatable bonds is 2. The quantitative estimate of drug-likeness (QED) is 0.308. The Morgan fingerprint density at radius 3 is 1.25 bits per heavy atom. The zero-order valence-electron chi connectivity index (χ0n) is 14.6. The second-order valence-electron chi connectivity index (χ2n) is 4.97. The Kier molecular flexibility index (Phi) is 9.07. The maximum atomic E-state index is 5.74. The van der Waals surface area contributed by atoms with Crippen LogP contribution in [0.1, 0.15) is 0 Å². The first-order valence-corrected chi connectivity index (χ1v) is 8.30. The molecule has 2 rings (SSSR count). The van der Waals surface area contributed by atoms with E-state index in [1.54, 1.807) is 48.5 Å². The van der Waals surface area contributed by atoms with Crippen molar-refractivity contribution in [3.05, 3.63) is 58.6 Å². The molecule has 0 amide bonds. The lowest BCUT2D eigenvalue weighted by Crippen LogP contribution is -2.26. The van der Waals surface area contributed by atoms with Gasteiger partial charge in [-0.05, 0) is 36.4 Å². The van der Waals surface area contributed by atoms with Crippen LogP contribution in [0.2, 0.25) is 10.0 Å². The van der Waals surface area contributed by atoms with Gasteiger partial charge in [-0.3, -0.25) is 0 Å². The average Bonchev–Trinajstić information content (AvgIpc) is 2.53. The largest absolute Gasteiger partial charge is 0.370 e. The summed E-state index contributed by atoms with van der Waals surface area (Å²) in [5.74, 6) is -0.277. The molecule has 148 valence electrons. The third-order valence-electron chi connectivity index (χ3n) is 2.59. The molecule has 0 fully saturated rings. The van der Waals surface area contributed by atoms with Crippen molar-refractivity contribution in [1.82, 2.24) is 0 Å². The third-order valence-corrected chi connectivity index (χ3v) is 3.06. The smallest absolute Gasteiger partial charge is 0.223 e. The van der Waals surface area contributed by atoms with E-state index in [1.807, 2.05) is 0 Å². The van der Waals surface area contributed by atoms with Gasteiger partial charge in [-0.2, -0.15) is 9.98 Å². The van der Waals surface area contributed by atoms with Crippen LogP contribution in [0.3, 0.4) is 0 Å². The van der Waals surface area contributed by atoms with Gasteiger partial charge in [0.05, 0.1) is 11.4 Å². The van der Waals surface area contributed by atoms with E-state index in [9.17, 15) is 0 Å². The number of guanidine groups is 4. The maximum Gasteiger partial charge on any atom is 0.223 e. The molecule has 0 saturated heterocycles. The molecule has 0 unspecified atom stereocenters. The molecular formula is C16H20Cl2N10. The molecule has 0 radical (unpaired) electrons. The van der Waals surface area contributed by atoms with Crippen LogP contribution < -0.4 is 34.4 Å². The second-order valence-corrected chi connectivity index (χ2v) is 5.85. The van der Waals surface area contributed by atoms with E-state index in [0.717, 1.165) is 0 Å². The van der Waals surface area contributed by atoms with Crippen LogP contribution in [-0.4, -0.2) is 23.8 Å². The Bertz CT molecular complexity index is 838. The molecule has 12 N–H and O–H groups in total. The van der Waals surface area contributed by atoms with Gasteiger partial charge in [-0.25, -0.2) is 9.98 Å². The summed E-state index contributed by atoms with van der Waals surface area (Å²) >= 11 is 11.5. The number of nitrogens with zero attached hydrogens (tertiary/aromatic N) is 4. The van der Waals surface area contributed by atoms with Crippen LogP contribution in [0.25, 0.3) is 0 Å². The highest BCUT2D eigenvalue weighted by molar-refractivity contribution is 6.31. The van der Waals surface area contributed by atoms with E-state index >= 15 is 0 Å². The summed E-state index contributed by atoms with van der Waals surface area (Å²) in [7, 11) is 0. The zero-order valence-corrected chi connectivity index (χ0v) is 16.1. The first-order valence-electron chi connectivity index (χ1n) is 7.54. The molecule has 0 bridgehead atoms. The fourth-order valence-electron chi connectivity index (χ4n) is 1.67. The van der Waals surface area contributed by atoms with Crippen molar-refractivity contribution < 1.29 is 0 Å². The molecule has 0 heterocycles. The van der Waals surface area contributed by atoms with E-state index in [0.29, 0.717) is 21.4 Å². The Labute approximate surface area is 171 Å². The average molecular weight is 423 g/mol. The van der Waals surface area contributed by atoms with Gasteiger partial charge in [0.15, 0.2) is 11.9 Å². The molecule has 0 aliphatic rings. The fraction of sp³-hybridized carbons (Fsp3) is 0. The summed E-state index contributed by atoms with van der Waals surface area (Å²) in [6.45, 7) is 0. The lowest BCUT2D eigenvalue weighted by atomic mass is 10.3. The number of hydrogen-bond donors (Lipinski definition) is 6. The fourth-order valence-corrected chi connectivity index (χ4v) is 2.04.